The van der Waals surface area contributed by atoms with Crippen LogP contribution in [0.5, 0.6) is 0 Å². The standard InChI is InChI=1S/C66H116O6/c1-4-7-10-13-16-19-22-25-28-31-33-35-38-41-44-47-50-53-56-59-65(68)71-62-63(61-70-64(67)58-55-52-49-46-43-40-37-30-27-24-21-18-15-12-9-6-3)72-66(69)60-57-54-51-48-45-42-39-36-34-32-29-26-23-20-17-14-11-8-5-2/h9,12,18,21,27,30-34,40,43,63H,4-8,10-11,13-17,19-20,22-26,28-29,35-39,41-42,44-62H2,1-3H3/b12-9-,21-18-,30-27-,33-31-,34-32-,43-40-. The fraction of sp³-hybridized carbons (Fsp3) is 0.773. The molecule has 0 aliphatic heterocycles. The second kappa shape index (κ2) is 60.4. The fourth-order valence-corrected chi connectivity index (χ4v) is 8.78. The Hall–Kier alpha value is -3.15. The average Bonchev–Trinajstić information content (AvgIpc) is 3.38. The van der Waals surface area contributed by atoms with Crippen LogP contribution in [0.25, 0.3) is 0 Å². The van der Waals surface area contributed by atoms with Crippen molar-refractivity contribution in [2.45, 2.75) is 316 Å². The highest BCUT2D eigenvalue weighted by Gasteiger charge is 2.19. The van der Waals surface area contributed by atoms with E-state index in [0.717, 1.165) is 89.9 Å². The van der Waals surface area contributed by atoms with Crippen LogP contribution >= 0.6 is 0 Å². The van der Waals surface area contributed by atoms with Crippen molar-refractivity contribution in [1.29, 1.82) is 0 Å². The number of unbranched alkanes of at least 4 members (excludes halogenated alkanes) is 33. The molecule has 0 radical (unpaired) electrons. The Morgan fingerprint density at radius 1 is 0.292 bits per heavy atom. The molecule has 0 aromatic carbocycles. The number of rotatable bonds is 56. The Bertz CT molecular complexity index is 1340. The van der Waals surface area contributed by atoms with Crippen LogP contribution in [-0.4, -0.2) is 37.2 Å². The Balaban J connectivity index is 4.41. The van der Waals surface area contributed by atoms with Gasteiger partial charge in [0.05, 0.1) is 0 Å². The first-order valence-electron chi connectivity index (χ1n) is 30.9. The minimum atomic E-state index is -0.794. The highest BCUT2D eigenvalue weighted by Crippen LogP contribution is 2.16. The number of carbonyl (C=O) groups excluding carboxylic acids is 3. The lowest BCUT2D eigenvalue weighted by Gasteiger charge is -2.18. The SMILES string of the molecule is CC/C=C\C/C=C\C/C=C\C/C=C\CCCCCC(=O)OCC(COC(=O)CCCCCCCCC/C=C\CCCCCCCCCC)OC(=O)CCCCCCCCC/C=C\CCCCCCCCCC. The van der Waals surface area contributed by atoms with Crippen molar-refractivity contribution in [3.63, 3.8) is 0 Å². The third kappa shape index (κ3) is 57.7. The first kappa shape index (κ1) is 68.8. The Morgan fingerprint density at radius 3 is 0.875 bits per heavy atom. The Morgan fingerprint density at radius 2 is 0.542 bits per heavy atom. The summed E-state index contributed by atoms with van der Waals surface area (Å²) in [7, 11) is 0. The molecule has 0 aliphatic rings. The summed E-state index contributed by atoms with van der Waals surface area (Å²) in [5.41, 5.74) is 0. The van der Waals surface area contributed by atoms with Gasteiger partial charge in [-0.3, -0.25) is 14.4 Å². The van der Waals surface area contributed by atoms with E-state index in [1.54, 1.807) is 0 Å². The average molecular weight is 1010 g/mol. The van der Waals surface area contributed by atoms with Gasteiger partial charge in [-0.1, -0.05) is 254 Å². The largest absolute Gasteiger partial charge is 0.462 e. The molecule has 0 bridgehead atoms. The molecular weight excluding hydrogens is 889 g/mol. The summed E-state index contributed by atoms with van der Waals surface area (Å²) >= 11 is 0. The molecular formula is C66H116O6. The molecule has 6 heteroatoms. The molecule has 0 saturated heterocycles. The third-order valence-corrected chi connectivity index (χ3v) is 13.4. The van der Waals surface area contributed by atoms with Gasteiger partial charge < -0.3 is 14.2 Å². The third-order valence-electron chi connectivity index (χ3n) is 13.4. The van der Waals surface area contributed by atoms with Gasteiger partial charge in [0.1, 0.15) is 13.2 Å². The van der Waals surface area contributed by atoms with Crippen LogP contribution in [0, 0.1) is 0 Å². The molecule has 0 heterocycles. The zero-order valence-electron chi connectivity index (χ0n) is 47.7. The minimum absolute atomic E-state index is 0.0886. The lowest BCUT2D eigenvalue weighted by molar-refractivity contribution is -0.167. The molecule has 0 rings (SSSR count). The molecule has 1 atom stereocenters. The van der Waals surface area contributed by atoms with Gasteiger partial charge in [0.25, 0.3) is 0 Å². The van der Waals surface area contributed by atoms with Crippen molar-refractivity contribution in [2.75, 3.05) is 13.2 Å². The summed E-state index contributed by atoms with van der Waals surface area (Å²) in [6, 6.07) is 0. The van der Waals surface area contributed by atoms with Crippen molar-refractivity contribution < 1.29 is 28.6 Å². The molecule has 0 aromatic rings. The second-order valence-corrected chi connectivity index (χ2v) is 20.6. The summed E-state index contributed by atoms with van der Waals surface area (Å²) < 4.78 is 16.9. The minimum Gasteiger partial charge on any atom is -0.462 e. The molecule has 6 nitrogen and oxygen atoms in total. The molecule has 0 fully saturated rings. The summed E-state index contributed by atoms with van der Waals surface area (Å²) in [5, 5.41) is 0. The van der Waals surface area contributed by atoms with E-state index in [0.29, 0.717) is 19.3 Å². The number of allylic oxidation sites excluding steroid dienone is 12. The monoisotopic (exact) mass is 1000 g/mol. The first-order valence-corrected chi connectivity index (χ1v) is 30.9. The molecule has 416 valence electrons. The molecule has 0 saturated carbocycles. The predicted molar refractivity (Wildman–Crippen MR) is 311 cm³/mol. The molecule has 72 heavy (non-hydrogen) atoms. The van der Waals surface area contributed by atoms with Gasteiger partial charge >= 0.3 is 17.9 Å². The van der Waals surface area contributed by atoms with Gasteiger partial charge in [0.15, 0.2) is 6.10 Å². The second-order valence-electron chi connectivity index (χ2n) is 20.6. The van der Waals surface area contributed by atoms with E-state index in [9.17, 15) is 14.4 Å². The summed E-state index contributed by atoms with van der Waals surface area (Å²) in [5.74, 6) is -0.917. The van der Waals surface area contributed by atoms with E-state index >= 15 is 0 Å². The highest BCUT2D eigenvalue weighted by molar-refractivity contribution is 5.71. The van der Waals surface area contributed by atoms with Crippen LogP contribution in [-0.2, 0) is 28.6 Å². The van der Waals surface area contributed by atoms with Gasteiger partial charge in [-0.25, -0.2) is 0 Å². The van der Waals surface area contributed by atoms with E-state index in [-0.39, 0.29) is 31.1 Å². The Kier molecular flexibility index (Phi) is 57.8. The van der Waals surface area contributed by atoms with Crippen molar-refractivity contribution in [3.05, 3.63) is 72.9 Å². The van der Waals surface area contributed by atoms with Crippen LogP contribution in [0.2, 0.25) is 0 Å². The zero-order valence-corrected chi connectivity index (χ0v) is 47.7. The van der Waals surface area contributed by atoms with Crippen LogP contribution in [0.3, 0.4) is 0 Å². The Labute approximate surface area is 446 Å². The normalized spacial score (nSPS) is 12.5. The smallest absolute Gasteiger partial charge is 0.306 e. The van der Waals surface area contributed by atoms with E-state index in [2.05, 4.69) is 93.7 Å². The summed E-state index contributed by atoms with van der Waals surface area (Å²) in [6.45, 7) is 6.52. The van der Waals surface area contributed by atoms with Gasteiger partial charge in [0, 0.05) is 19.3 Å². The number of hydrogen-bond acceptors (Lipinski definition) is 6. The van der Waals surface area contributed by atoms with Gasteiger partial charge in [0.2, 0.25) is 0 Å². The number of carbonyl (C=O) groups is 3. The van der Waals surface area contributed by atoms with Gasteiger partial charge in [-0.2, -0.15) is 0 Å². The van der Waals surface area contributed by atoms with Crippen molar-refractivity contribution in [3.8, 4) is 0 Å². The predicted octanol–water partition coefficient (Wildman–Crippen LogP) is 20.9. The van der Waals surface area contributed by atoms with Crippen LogP contribution in [0.15, 0.2) is 72.9 Å². The van der Waals surface area contributed by atoms with Crippen molar-refractivity contribution in [2.24, 2.45) is 0 Å². The van der Waals surface area contributed by atoms with E-state index in [1.807, 2.05) is 0 Å². The lowest BCUT2D eigenvalue weighted by atomic mass is 10.1. The molecule has 0 amide bonds. The fourth-order valence-electron chi connectivity index (χ4n) is 8.78. The number of esters is 3. The topological polar surface area (TPSA) is 78.9 Å². The molecule has 0 aliphatic carbocycles. The quantitative estimate of drug-likeness (QED) is 0.0261. The number of ether oxygens (including phenoxy) is 3. The van der Waals surface area contributed by atoms with E-state index in [1.165, 1.54) is 180 Å². The maximum atomic E-state index is 12.9. The van der Waals surface area contributed by atoms with E-state index < -0.39 is 6.10 Å². The number of hydrogen-bond donors (Lipinski definition) is 0. The molecule has 0 aromatic heterocycles. The lowest BCUT2D eigenvalue weighted by Crippen LogP contribution is -2.30. The van der Waals surface area contributed by atoms with Gasteiger partial charge in [-0.15, -0.1) is 0 Å². The van der Waals surface area contributed by atoms with Gasteiger partial charge in [-0.05, 0) is 109 Å². The van der Waals surface area contributed by atoms with E-state index in [4.69, 9.17) is 14.2 Å². The maximum absolute atomic E-state index is 12.9. The van der Waals surface area contributed by atoms with Crippen LogP contribution < -0.4 is 0 Å². The maximum Gasteiger partial charge on any atom is 0.306 e. The zero-order chi connectivity index (χ0) is 52.2. The molecule has 0 N–H and O–H groups in total. The van der Waals surface area contributed by atoms with Crippen molar-refractivity contribution >= 4 is 17.9 Å². The molecule has 1 unspecified atom stereocenters. The van der Waals surface area contributed by atoms with Crippen molar-refractivity contribution in [1.82, 2.24) is 0 Å². The van der Waals surface area contributed by atoms with Crippen LogP contribution in [0.1, 0.15) is 310 Å². The van der Waals surface area contributed by atoms with Crippen LogP contribution in [0.4, 0.5) is 0 Å². The first-order chi connectivity index (χ1) is 35.5. The summed E-state index contributed by atoms with van der Waals surface area (Å²) in [6.07, 6.45) is 77.6. The molecule has 0 spiro atoms. The highest BCUT2D eigenvalue weighted by atomic mass is 16.6. The summed E-state index contributed by atoms with van der Waals surface area (Å²) in [4.78, 5) is 38.3.